The Bertz CT molecular complexity index is 2300. The van der Waals surface area contributed by atoms with Gasteiger partial charge in [0.1, 0.15) is 11.4 Å². The Labute approximate surface area is 317 Å². The van der Waals surface area contributed by atoms with E-state index >= 15 is 0 Å². The monoisotopic (exact) mass is 744 g/mol. The molecule has 6 heterocycles. The minimum absolute atomic E-state index is 0.143. The summed E-state index contributed by atoms with van der Waals surface area (Å²) in [5.41, 5.74) is 11.9. The minimum atomic E-state index is -0.151. The van der Waals surface area contributed by atoms with Crippen LogP contribution in [-0.2, 0) is 32.1 Å². The zero-order valence-electron chi connectivity index (χ0n) is 30.4. The third-order valence-corrected chi connectivity index (χ3v) is 12.8. The van der Waals surface area contributed by atoms with Crippen molar-refractivity contribution in [2.75, 3.05) is 39.8 Å². The Kier molecular flexibility index (Phi) is 10.3. The van der Waals surface area contributed by atoms with E-state index in [1.54, 1.807) is 29.7 Å². The minimum Gasteiger partial charge on any atom is -0.354 e. The summed E-state index contributed by atoms with van der Waals surface area (Å²) in [4.78, 5) is 49.3. The van der Waals surface area contributed by atoms with Gasteiger partial charge in [-0.3, -0.25) is 19.4 Å². The lowest BCUT2D eigenvalue weighted by Gasteiger charge is -2.27. The van der Waals surface area contributed by atoms with Crippen molar-refractivity contribution < 1.29 is 9.59 Å². The third kappa shape index (κ3) is 7.59. The number of benzene rings is 2. The van der Waals surface area contributed by atoms with Crippen LogP contribution in [0.2, 0.25) is 0 Å². The van der Waals surface area contributed by atoms with Crippen LogP contribution in [-0.4, -0.2) is 81.3 Å². The van der Waals surface area contributed by atoms with E-state index in [1.807, 2.05) is 17.6 Å². The van der Waals surface area contributed by atoms with Crippen LogP contribution in [0.25, 0.3) is 20.4 Å². The van der Waals surface area contributed by atoms with Crippen molar-refractivity contribution in [1.29, 1.82) is 0 Å². The summed E-state index contributed by atoms with van der Waals surface area (Å²) >= 11 is 3.36. The fourth-order valence-corrected chi connectivity index (χ4v) is 9.25. The Balaban J connectivity index is 0.849. The first-order valence-corrected chi connectivity index (χ1v) is 20.2. The molecule has 12 heteroatoms. The molecule has 0 saturated heterocycles. The summed E-state index contributed by atoms with van der Waals surface area (Å²) in [6.45, 7) is 8.66. The lowest BCUT2D eigenvalue weighted by molar-refractivity contribution is 0.0944. The van der Waals surface area contributed by atoms with Crippen LogP contribution in [0.1, 0.15) is 85.6 Å². The number of fused-ring (bicyclic) bond motifs is 4. The molecule has 0 bridgehead atoms. The molecule has 272 valence electrons. The molecule has 0 saturated carbocycles. The van der Waals surface area contributed by atoms with Gasteiger partial charge < -0.3 is 10.6 Å². The maximum absolute atomic E-state index is 13.2. The number of nitrogens with zero attached hydrogens (tertiary/aromatic N) is 6. The number of carbonyl (C=O) groups is 2. The van der Waals surface area contributed by atoms with E-state index in [0.717, 1.165) is 84.0 Å². The first-order valence-electron chi connectivity index (χ1n) is 18.5. The normalized spacial score (nSPS) is 16.4. The van der Waals surface area contributed by atoms with Crippen molar-refractivity contribution in [3.8, 4) is 0 Å². The second-order valence-corrected chi connectivity index (χ2v) is 16.0. The van der Waals surface area contributed by atoms with Crippen LogP contribution in [0.15, 0.2) is 66.2 Å². The lowest BCUT2D eigenvalue weighted by atomic mass is 10.1. The van der Waals surface area contributed by atoms with Gasteiger partial charge in [-0.25, -0.2) is 19.9 Å². The molecule has 0 aliphatic carbocycles. The standard InChI is InChI=1S/C41H44N8O2S2/c1-25(29-6-10-37-35(22-29)44-24-52-37)48-18-14-28-5-9-34(46-32(28)16-21-48)41(51)43-17-12-39-47-36-23-30(7-11-38(36)53-39)26(2)49-19-13-27-4-8-33(40(50)42-3)45-31(27)15-20-49/h4-11,22-26H,12-21H2,1-3H3,(H,42,50)(H,43,51)/t25-,26+/m0/s1. The third-order valence-electron chi connectivity index (χ3n) is 10.9. The Morgan fingerprint density at radius 3 is 1.94 bits per heavy atom. The molecule has 0 unspecified atom stereocenters. The SMILES string of the molecule is CNC(=O)c1ccc2c(n1)CCN([C@H](C)c1ccc3sc(CCNC(=O)c4ccc5c(n4)CCN([C@@H](C)c4ccc6scnc6c4)CC5)nc3c1)CC2. The highest BCUT2D eigenvalue weighted by Crippen LogP contribution is 2.30. The average Bonchev–Trinajstić information content (AvgIpc) is 3.70. The predicted octanol–water partition coefficient (Wildman–Crippen LogP) is 6.35. The van der Waals surface area contributed by atoms with Gasteiger partial charge in [0.05, 0.1) is 31.0 Å². The zero-order chi connectivity index (χ0) is 36.5. The summed E-state index contributed by atoms with van der Waals surface area (Å²) in [6.07, 6.45) is 4.10. The second kappa shape index (κ2) is 15.4. The molecule has 8 rings (SSSR count). The van der Waals surface area contributed by atoms with Crippen molar-refractivity contribution in [3.05, 3.63) is 116 Å². The highest BCUT2D eigenvalue weighted by Gasteiger charge is 2.24. The molecule has 0 spiro atoms. The van der Waals surface area contributed by atoms with Gasteiger partial charge in [-0.05, 0) is 85.3 Å². The number of pyridine rings is 2. The maximum atomic E-state index is 13.2. The van der Waals surface area contributed by atoms with Crippen LogP contribution in [0.5, 0.6) is 0 Å². The molecule has 2 aromatic carbocycles. The molecule has 53 heavy (non-hydrogen) atoms. The molecule has 0 fully saturated rings. The molecule has 4 aromatic heterocycles. The number of rotatable bonds is 9. The predicted molar refractivity (Wildman–Crippen MR) is 212 cm³/mol. The topological polar surface area (TPSA) is 116 Å². The second-order valence-electron chi connectivity index (χ2n) is 14.0. The molecule has 2 aliphatic heterocycles. The fraction of sp³-hybridized carbons (Fsp3) is 0.366. The number of aromatic nitrogens is 4. The molecule has 6 aromatic rings. The number of nitrogens with one attached hydrogen (secondary N) is 2. The van der Waals surface area contributed by atoms with Gasteiger partial charge in [-0.2, -0.15) is 0 Å². The first kappa shape index (κ1) is 35.4. The molecular formula is C41H44N8O2S2. The maximum Gasteiger partial charge on any atom is 0.269 e. The van der Waals surface area contributed by atoms with Crippen molar-refractivity contribution in [1.82, 2.24) is 40.4 Å². The van der Waals surface area contributed by atoms with Gasteiger partial charge in [0.25, 0.3) is 11.8 Å². The highest BCUT2D eigenvalue weighted by atomic mass is 32.1. The molecule has 2 aliphatic rings. The number of hydrogen-bond acceptors (Lipinski definition) is 10. The van der Waals surface area contributed by atoms with E-state index in [4.69, 9.17) is 9.97 Å². The average molecular weight is 745 g/mol. The van der Waals surface area contributed by atoms with Crippen LogP contribution in [0.4, 0.5) is 0 Å². The molecule has 2 atom stereocenters. The van der Waals surface area contributed by atoms with Gasteiger partial charge in [-0.1, -0.05) is 24.3 Å². The summed E-state index contributed by atoms with van der Waals surface area (Å²) in [6, 6.07) is 21.5. The smallest absolute Gasteiger partial charge is 0.269 e. The largest absolute Gasteiger partial charge is 0.354 e. The summed E-state index contributed by atoms with van der Waals surface area (Å²) < 4.78 is 2.37. The van der Waals surface area contributed by atoms with E-state index in [9.17, 15) is 9.59 Å². The van der Waals surface area contributed by atoms with Crippen molar-refractivity contribution in [2.24, 2.45) is 0 Å². The summed E-state index contributed by atoms with van der Waals surface area (Å²) in [7, 11) is 1.63. The Hall–Kier alpha value is -4.62. The Morgan fingerprint density at radius 1 is 0.717 bits per heavy atom. The van der Waals surface area contributed by atoms with Crippen LogP contribution >= 0.6 is 22.7 Å². The van der Waals surface area contributed by atoms with E-state index in [0.29, 0.717) is 24.4 Å². The zero-order valence-corrected chi connectivity index (χ0v) is 32.0. The van der Waals surface area contributed by atoms with Crippen molar-refractivity contribution in [3.63, 3.8) is 0 Å². The number of hydrogen-bond donors (Lipinski definition) is 2. The van der Waals surface area contributed by atoms with E-state index < -0.39 is 0 Å². The quantitative estimate of drug-likeness (QED) is 0.176. The van der Waals surface area contributed by atoms with Crippen LogP contribution in [0, 0.1) is 0 Å². The molecule has 10 nitrogen and oxygen atoms in total. The van der Waals surface area contributed by atoms with Gasteiger partial charge in [0.2, 0.25) is 0 Å². The van der Waals surface area contributed by atoms with Gasteiger partial charge in [0, 0.05) is 82.5 Å². The van der Waals surface area contributed by atoms with Gasteiger partial charge >= 0.3 is 0 Å². The van der Waals surface area contributed by atoms with Crippen LogP contribution < -0.4 is 10.6 Å². The van der Waals surface area contributed by atoms with Crippen molar-refractivity contribution >= 4 is 54.9 Å². The number of carbonyl (C=O) groups excluding carboxylic acids is 2. The molecule has 0 radical (unpaired) electrons. The van der Waals surface area contributed by atoms with Gasteiger partial charge in [-0.15, -0.1) is 22.7 Å². The van der Waals surface area contributed by atoms with Crippen molar-refractivity contribution in [2.45, 2.75) is 58.0 Å². The molecule has 2 amide bonds. The summed E-state index contributed by atoms with van der Waals surface area (Å²) in [5.74, 6) is -0.293. The van der Waals surface area contributed by atoms with E-state index in [1.165, 1.54) is 27.0 Å². The van der Waals surface area contributed by atoms with Gasteiger partial charge in [0.15, 0.2) is 0 Å². The first-order chi connectivity index (χ1) is 25.8. The number of thiazole rings is 2. The summed E-state index contributed by atoms with van der Waals surface area (Å²) in [5, 5.41) is 6.77. The number of amides is 2. The highest BCUT2D eigenvalue weighted by molar-refractivity contribution is 7.18. The molecule has 2 N–H and O–H groups in total. The van der Waals surface area contributed by atoms with E-state index in [-0.39, 0.29) is 23.9 Å². The lowest BCUT2D eigenvalue weighted by Crippen LogP contribution is -2.29. The fourth-order valence-electron chi connectivity index (χ4n) is 7.64. The Morgan fingerprint density at radius 2 is 1.30 bits per heavy atom. The van der Waals surface area contributed by atoms with Crippen LogP contribution in [0.3, 0.4) is 0 Å². The van der Waals surface area contributed by atoms with E-state index in [2.05, 4.69) is 92.8 Å². The molecular weight excluding hydrogens is 701 g/mol.